The highest BCUT2D eigenvalue weighted by atomic mass is 16.5. The fourth-order valence-corrected chi connectivity index (χ4v) is 6.13. The van der Waals surface area contributed by atoms with Gasteiger partial charge in [-0.15, -0.1) is 0 Å². The van der Waals surface area contributed by atoms with Gasteiger partial charge in [0.2, 0.25) is 0 Å². The van der Waals surface area contributed by atoms with Crippen LogP contribution in [0.1, 0.15) is 140 Å². The molecule has 0 aromatic heterocycles. The number of hydrogen-bond acceptors (Lipinski definition) is 4. The molecule has 1 aliphatic heterocycles. The lowest BCUT2D eigenvalue weighted by molar-refractivity contribution is 0.0520. The molecule has 0 spiro atoms. The first-order valence-electron chi connectivity index (χ1n) is 16.7. The summed E-state index contributed by atoms with van der Waals surface area (Å²) in [6.07, 6.45) is 13.8. The van der Waals surface area contributed by atoms with Crippen molar-refractivity contribution in [3.63, 3.8) is 0 Å². The Bertz CT molecular complexity index is 1100. The van der Waals surface area contributed by atoms with E-state index in [0.717, 1.165) is 59.6 Å². The van der Waals surface area contributed by atoms with Crippen LogP contribution < -0.4 is 9.47 Å². The summed E-state index contributed by atoms with van der Waals surface area (Å²) in [4.78, 5) is 11.9. The molecular weight excluding hydrogens is 520 g/mol. The lowest BCUT2D eigenvalue weighted by Crippen LogP contribution is -2.36. The second-order valence-corrected chi connectivity index (χ2v) is 13.2. The molecule has 3 rings (SSSR count). The van der Waals surface area contributed by atoms with E-state index < -0.39 is 0 Å². The Labute approximate surface area is 257 Å². The van der Waals surface area contributed by atoms with Gasteiger partial charge in [-0.3, -0.25) is 0 Å². The Morgan fingerprint density at radius 2 is 1.55 bits per heavy atom. The van der Waals surface area contributed by atoms with E-state index in [-0.39, 0.29) is 11.6 Å². The van der Waals surface area contributed by atoms with Crippen molar-refractivity contribution in [2.24, 2.45) is 17.8 Å². The third kappa shape index (κ3) is 11.0. The van der Waals surface area contributed by atoms with Crippen LogP contribution in [0.2, 0.25) is 0 Å². The number of esters is 1. The quantitative estimate of drug-likeness (QED) is 0.197. The molecule has 0 N–H and O–H groups in total. The Balaban J connectivity index is 0.00000301. The number of methoxy groups -OCH3 is 1. The van der Waals surface area contributed by atoms with E-state index in [1.54, 1.807) is 12.1 Å². The van der Waals surface area contributed by atoms with Gasteiger partial charge in [0, 0.05) is 5.56 Å². The Kier molecular flexibility index (Phi) is 14.9. The van der Waals surface area contributed by atoms with E-state index in [4.69, 9.17) is 14.2 Å². The molecule has 0 amide bonds. The Morgan fingerprint density at radius 3 is 2.17 bits per heavy atom. The Hall–Kier alpha value is -2.49. The maximum absolute atomic E-state index is 11.9. The van der Waals surface area contributed by atoms with E-state index in [2.05, 4.69) is 54.5 Å². The van der Waals surface area contributed by atoms with Gasteiger partial charge in [0.1, 0.15) is 22.8 Å². The zero-order chi connectivity index (χ0) is 31.3. The summed E-state index contributed by atoms with van der Waals surface area (Å²) in [7, 11) is 1.39. The van der Waals surface area contributed by atoms with Crippen LogP contribution in [-0.4, -0.2) is 18.7 Å². The largest absolute Gasteiger partial charge is 0.487 e. The fraction of sp³-hybridized carbons (Fsp3) is 0.658. The van der Waals surface area contributed by atoms with E-state index >= 15 is 0 Å². The summed E-state index contributed by atoms with van der Waals surface area (Å²) in [6.45, 7) is 20.0. The number of fused-ring (bicyclic) bond motifs is 1. The predicted octanol–water partition coefficient (Wildman–Crippen LogP) is 11.4. The van der Waals surface area contributed by atoms with Crippen molar-refractivity contribution in [2.75, 3.05) is 7.11 Å². The van der Waals surface area contributed by atoms with Crippen molar-refractivity contribution >= 4 is 5.97 Å². The van der Waals surface area contributed by atoms with E-state index in [1.165, 1.54) is 64.0 Å². The molecule has 0 bridgehead atoms. The highest BCUT2D eigenvalue weighted by Gasteiger charge is 2.33. The summed E-state index contributed by atoms with van der Waals surface area (Å²) in [5.74, 6) is 4.58. The van der Waals surface area contributed by atoms with Crippen molar-refractivity contribution in [1.29, 1.82) is 0 Å². The molecule has 0 saturated heterocycles. The second-order valence-electron chi connectivity index (χ2n) is 13.2. The molecule has 3 atom stereocenters. The first-order chi connectivity index (χ1) is 20.0. The van der Waals surface area contributed by atoms with Gasteiger partial charge in [-0.2, -0.15) is 0 Å². The van der Waals surface area contributed by atoms with Crippen LogP contribution in [0.4, 0.5) is 0 Å². The number of ether oxygens (including phenoxy) is 3. The van der Waals surface area contributed by atoms with Crippen molar-refractivity contribution < 1.29 is 19.0 Å². The smallest absolute Gasteiger partial charge is 0.337 e. The van der Waals surface area contributed by atoms with Gasteiger partial charge in [0.15, 0.2) is 0 Å². The molecule has 2 aromatic rings. The molecule has 4 nitrogen and oxygen atoms in total. The molecular formula is C38H60O4. The van der Waals surface area contributed by atoms with Crippen molar-refractivity contribution in [3.8, 4) is 17.2 Å². The van der Waals surface area contributed by atoms with Gasteiger partial charge < -0.3 is 14.2 Å². The normalized spacial score (nSPS) is 17.4. The van der Waals surface area contributed by atoms with Gasteiger partial charge in [0.05, 0.1) is 12.7 Å². The van der Waals surface area contributed by atoms with Crippen LogP contribution in [0, 0.1) is 31.6 Å². The minimum absolute atomic E-state index is 0.117. The lowest BCUT2D eigenvalue weighted by atomic mass is 9.85. The third-order valence-corrected chi connectivity index (χ3v) is 8.81. The van der Waals surface area contributed by atoms with Crippen LogP contribution in [0.3, 0.4) is 0 Å². The SMILES string of the molecule is CC.COC(=O)c1cccc(Oc2c(C)cc3c(c2C)CCC(C)(CCCC(C)CCCC(C)CCCC(C)C)O3)c1. The van der Waals surface area contributed by atoms with Gasteiger partial charge in [-0.05, 0) is 99.6 Å². The summed E-state index contributed by atoms with van der Waals surface area (Å²) in [5, 5.41) is 0. The van der Waals surface area contributed by atoms with Gasteiger partial charge in [-0.25, -0.2) is 4.79 Å². The molecule has 2 aromatic carbocycles. The molecule has 0 aliphatic carbocycles. The molecule has 0 fully saturated rings. The first-order valence-corrected chi connectivity index (χ1v) is 16.7. The number of aryl methyl sites for hydroxylation is 1. The van der Waals surface area contributed by atoms with Crippen LogP contribution in [0.15, 0.2) is 30.3 Å². The summed E-state index contributed by atoms with van der Waals surface area (Å²) in [6, 6.07) is 9.28. The minimum atomic E-state index is -0.367. The summed E-state index contributed by atoms with van der Waals surface area (Å²) >= 11 is 0. The molecule has 42 heavy (non-hydrogen) atoms. The van der Waals surface area contributed by atoms with Crippen LogP contribution in [0.25, 0.3) is 0 Å². The minimum Gasteiger partial charge on any atom is -0.487 e. The second kappa shape index (κ2) is 17.6. The number of benzene rings is 2. The van der Waals surface area contributed by atoms with E-state index in [9.17, 15) is 4.79 Å². The molecule has 0 radical (unpaired) electrons. The molecule has 236 valence electrons. The highest BCUT2D eigenvalue weighted by molar-refractivity contribution is 5.89. The maximum atomic E-state index is 11.9. The average Bonchev–Trinajstić information content (AvgIpc) is 2.95. The lowest BCUT2D eigenvalue weighted by Gasteiger charge is -2.37. The third-order valence-electron chi connectivity index (χ3n) is 8.81. The average molecular weight is 581 g/mol. The maximum Gasteiger partial charge on any atom is 0.337 e. The van der Waals surface area contributed by atoms with Crippen LogP contribution >= 0.6 is 0 Å². The van der Waals surface area contributed by atoms with Crippen LogP contribution in [-0.2, 0) is 11.2 Å². The van der Waals surface area contributed by atoms with Crippen molar-refractivity contribution in [3.05, 3.63) is 52.6 Å². The molecule has 1 heterocycles. The Morgan fingerprint density at radius 1 is 0.929 bits per heavy atom. The zero-order valence-electron chi connectivity index (χ0n) is 28.5. The standard InChI is InChI=1S/C36H54O4.C2H6/c1-25(2)13-9-14-26(3)15-10-16-27(4)17-12-21-36(7)22-20-32-29(6)34(28(5)23-33(32)40-36)39-31-19-11-18-30(24-31)35(37)38-8;1-2/h11,18-19,23-27H,9-10,12-17,20-22H2,1-8H3;1-2H3. The monoisotopic (exact) mass is 580 g/mol. The van der Waals surface area contributed by atoms with Crippen molar-refractivity contribution in [1.82, 2.24) is 0 Å². The highest BCUT2D eigenvalue weighted by Crippen LogP contribution is 2.43. The first kappa shape index (κ1) is 35.7. The summed E-state index contributed by atoms with van der Waals surface area (Å²) in [5.41, 5.74) is 3.75. The number of rotatable bonds is 15. The van der Waals surface area contributed by atoms with E-state index in [1.807, 2.05) is 26.0 Å². The molecule has 3 unspecified atom stereocenters. The number of carbonyl (C=O) groups is 1. The van der Waals surface area contributed by atoms with Gasteiger partial charge in [-0.1, -0.05) is 92.6 Å². The number of carbonyl (C=O) groups excluding carboxylic acids is 1. The summed E-state index contributed by atoms with van der Waals surface area (Å²) < 4.78 is 17.8. The molecule has 4 heteroatoms. The number of hydrogen-bond donors (Lipinski definition) is 0. The van der Waals surface area contributed by atoms with Gasteiger partial charge >= 0.3 is 5.97 Å². The molecule has 0 saturated carbocycles. The van der Waals surface area contributed by atoms with E-state index in [0.29, 0.717) is 11.3 Å². The topological polar surface area (TPSA) is 44.8 Å². The zero-order valence-corrected chi connectivity index (χ0v) is 28.5. The van der Waals surface area contributed by atoms with Crippen LogP contribution in [0.5, 0.6) is 17.2 Å². The predicted molar refractivity (Wildman–Crippen MR) is 177 cm³/mol. The fourth-order valence-electron chi connectivity index (χ4n) is 6.13. The van der Waals surface area contributed by atoms with Gasteiger partial charge in [0.25, 0.3) is 0 Å². The van der Waals surface area contributed by atoms with Crippen molar-refractivity contribution in [2.45, 2.75) is 139 Å². The molecule has 1 aliphatic rings.